The molecule has 0 aromatic heterocycles. The number of halogens is 1. The van der Waals surface area contributed by atoms with Gasteiger partial charge in [-0.05, 0) is 289 Å². The van der Waals surface area contributed by atoms with E-state index < -0.39 is 0 Å². The molecule has 514 valence electrons. The van der Waals surface area contributed by atoms with Crippen molar-refractivity contribution >= 4 is 158 Å². The predicted molar refractivity (Wildman–Crippen MR) is 467 cm³/mol. The first-order valence-electron chi connectivity index (χ1n) is 38.0. The minimum Gasteiger partial charge on any atom is -0.399 e. The second kappa shape index (κ2) is 23.8. The summed E-state index contributed by atoms with van der Waals surface area (Å²) in [6.45, 7) is 17.9. The van der Waals surface area contributed by atoms with E-state index in [1.807, 2.05) is 0 Å². The second-order valence-electron chi connectivity index (χ2n) is 32.5. The van der Waals surface area contributed by atoms with Crippen LogP contribution in [0.5, 0.6) is 0 Å². The molecule has 1 aliphatic heterocycles. The summed E-state index contributed by atoms with van der Waals surface area (Å²) in [4.78, 5) is 0. The highest BCUT2D eigenvalue weighted by molar-refractivity contribution is 9.10. The van der Waals surface area contributed by atoms with E-state index in [2.05, 4.69) is 387 Å². The molecule has 0 saturated carbocycles. The van der Waals surface area contributed by atoms with Crippen molar-refractivity contribution in [3.05, 3.63) is 342 Å². The molecule has 3 aliphatic rings. The summed E-state index contributed by atoms with van der Waals surface area (Å²) in [6.07, 6.45) is 0. The van der Waals surface area contributed by atoms with E-state index in [9.17, 15) is 0 Å². The van der Waals surface area contributed by atoms with Gasteiger partial charge in [-0.2, -0.15) is 0 Å². The predicted octanol–water partition coefficient (Wildman–Crippen LogP) is 28.4. The van der Waals surface area contributed by atoms with Gasteiger partial charge in [-0.1, -0.05) is 311 Å². The van der Waals surface area contributed by atoms with Crippen LogP contribution in [0.15, 0.2) is 320 Å². The first kappa shape index (κ1) is 64.9. The average molecular weight is 1450 g/mol. The number of rotatable bonds is 4. The summed E-state index contributed by atoms with van der Waals surface area (Å²) in [5, 5.41) is 31.8. The van der Waals surface area contributed by atoms with Gasteiger partial charge in [0.1, 0.15) is 0 Å². The summed E-state index contributed by atoms with van der Waals surface area (Å²) in [7, 11) is -0.355. The third-order valence-electron chi connectivity index (χ3n) is 25.3. The Morgan fingerprint density at radius 3 is 0.991 bits per heavy atom. The van der Waals surface area contributed by atoms with Crippen LogP contribution in [0.2, 0.25) is 0 Å². The minimum atomic E-state index is -0.355. The van der Waals surface area contributed by atoms with Crippen molar-refractivity contribution in [2.75, 3.05) is 0 Å². The summed E-state index contributed by atoms with van der Waals surface area (Å²) in [5.41, 5.74) is 18.6. The van der Waals surface area contributed by atoms with Crippen molar-refractivity contribution in [2.45, 2.75) is 77.4 Å². The molecule has 23 rings (SSSR count). The van der Waals surface area contributed by atoms with E-state index in [4.69, 9.17) is 9.31 Å². The van der Waals surface area contributed by atoms with Crippen LogP contribution in [0.1, 0.15) is 77.6 Å². The van der Waals surface area contributed by atoms with Crippen LogP contribution in [0.3, 0.4) is 0 Å². The fraction of sp³-hybridized carbons (Fsp3) is 0.115. The zero-order chi connectivity index (χ0) is 72.9. The summed E-state index contributed by atoms with van der Waals surface area (Å²) < 4.78 is 13.9. The molecule has 1 fully saturated rings. The van der Waals surface area contributed by atoms with Crippen LogP contribution >= 0.6 is 15.9 Å². The lowest BCUT2D eigenvalue weighted by Crippen LogP contribution is -2.41. The Balaban J connectivity index is 0.000000111. The molecule has 0 unspecified atom stereocenters. The molecule has 108 heavy (non-hydrogen) atoms. The van der Waals surface area contributed by atoms with E-state index in [-0.39, 0.29) is 29.2 Å². The highest BCUT2D eigenvalue weighted by atomic mass is 79.9. The van der Waals surface area contributed by atoms with Crippen molar-refractivity contribution in [3.8, 4) is 55.6 Å². The fourth-order valence-corrected chi connectivity index (χ4v) is 19.5. The molecule has 1 saturated heterocycles. The molecule has 0 radical (unpaired) electrons. The first-order valence-corrected chi connectivity index (χ1v) is 38.8. The van der Waals surface area contributed by atoms with Gasteiger partial charge in [0.2, 0.25) is 0 Å². The van der Waals surface area contributed by atoms with Crippen LogP contribution in [0, 0.1) is 0 Å². The molecular formula is C104H76BBrO2. The SMILES string of the molecule is Brc1cccc(-c2ccc3ccc4cccc5ccc2c3c45)c1.CC1(C)c2cc(-c3cccc(-c4ccc5ccc6cccc7ccc4c5c67)c3)ccc2-c2cc3c4ccccc4c4ccccc4c3cc21.CC1(C)c2cc(B3OC(C)(C)C(C)(C)O3)ccc2-c2cc3c4ccccc4c4ccccc4c3cc21. The normalized spacial score (nSPS) is 15.1. The molecule has 2 aliphatic carbocycles. The van der Waals surface area contributed by atoms with E-state index in [1.54, 1.807) is 0 Å². The Bertz CT molecular complexity index is 7170. The number of benzene rings is 20. The van der Waals surface area contributed by atoms with Gasteiger partial charge < -0.3 is 9.31 Å². The second-order valence-corrected chi connectivity index (χ2v) is 33.4. The molecule has 2 nitrogen and oxygen atoms in total. The van der Waals surface area contributed by atoms with Gasteiger partial charge >= 0.3 is 7.12 Å². The van der Waals surface area contributed by atoms with E-state index in [0.717, 1.165) is 9.94 Å². The van der Waals surface area contributed by atoms with E-state index in [0.29, 0.717) is 0 Å². The molecule has 1 heterocycles. The van der Waals surface area contributed by atoms with E-state index in [1.165, 1.54) is 207 Å². The molecule has 20 aromatic carbocycles. The third-order valence-corrected chi connectivity index (χ3v) is 25.8. The maximum absolute atomic E-state index is 6.39. The lowest BCUT2D eigenvalue weighted by molar-refractivity contribution is 0.00578. The average Bonchev–Trinajstić information content (AvgIpc) is 1.51. The third kappa shape index (κ3) is 9.72. The summed E-state index contributed by atoms with van der Waals surface area (Å²) in [5.74, 6) is 0. The lowest BCUT2D eigenvalue weighted by Gasteiger charge is -2.32. The van der Waals surface area contributed by atoms with Crippen molar-refractivity contribution in [1.82, 2.24) is 0 Å². The molecule has 0 atom stereocenters. The minimum absolute atomic E-state index is 0.120. The maximum atomic E-state index is 6.39. The highest BCUT2D eigenvalue weighted by Crippen LogP contribution is 2.55. The maximum Gasteiger partial charge on any atom is 0.494 e. The number of hydrogen-bond acceptors (Lipinski definition) is 2. The molecule has 20 aromatic rings. The Morgan fingerprint density at radius 2 is 0.546 bits per heavy atom. The van der Waals surface area contributed by atoms with Crippen LogP contribution in [-0.2, 0) is 20.1 Å². The van der Waals surface area contributed by atoms with Crippen molar-refractivity contribution in [2.24, 2.45) is 0 Å². The monoisotopic (exact) mass is 1450 g/mol. The smallest absolute Gasteiger partial charge is 0.399 e. The Kier molecular flexibility index (Phi) is 14.3. The van der Waals surface area contributed by atoms with Crippen molar-refractivity contribution in [1.29, 1.82) is 0 Å². The summed E-state index contributed by atoms with van der Waals surface area (Å²) in [6, 6.07) is 117. The summed E-state index contributed by atoms with van der Waals surface area (Å²) >= 11 is 3.59. The first-order chi connectivity index (χ1) is 52.4. The molecular weight excluding hydrogens is 1370 g/mol. The largest absolute Gasteiger partial charge is 0.494 e. The molecule has 0 spiro atoms. The van der Waals surface area contributed by atoms with Gasteiger partial charge in [-0.25, -0.2) is 0 Å². The standard InChI is InChI=1S/C49H32.C33H31BO2.C22H13Br/c1-49(2)45-26-33(21-23-40(45)44-27-42-38-15-5-3-13-36(38)37-14-4-6-16-39(37)43(42)28-46(44)49)32-11-8-12-34(25-32)35-22-19-31-18-17-29-9-7-10-30-20-24-41(35)48(31)47(29)30;1-31(2)29-17-20(34-35-32(3,4)33(5,6)36-34)15-16-25(29)28-18-26-23-13-9-7-11-21(23)22-12-8-10-14-24(22)27(26)19-30(28)31;23-18-6-2-5-17(13-18)19-11-9-16-8-7-14-3-1-4-15-10-12-20(19)22(16)21(14)15/h3-28H,1-2H3;7-19H,1-6H3;1-13H. The number of fused-ring (bicyclic) bond motifs is 18. The molecule has 0 amide bonds. The zero-order valence-electron chi connectivity index (χ0n) is 61.8. The molecule has 0 N–H and O–H groups in total. The van der Waals surface area contributed by atoms with Gasteiger partial charge in [-0.15, -0.1) is 0 Å². The molecule has 0 bridgehead atoms. The van der Waals surface area contributed by atoms with Crippen molar-refractivity contribution in [3.63, 3.8) is 0 Å². The van der Waals surface area contributed by atoms with Gasteiger partial charge in [0, 0.05) is 15.3 Å². The van der Waals surface area contributed by atoms with Gasteiger partial charge in [0.05, 0.1) is 11.2 Å². The van der Waals surface area contributed by atoms with Gasteiger partial charge in [-0.3, -0.25) is 0 Å². The van der Waals surface area contributed by atoms with Gasteiger partial charge in [0.25, 0.3) is 0 Å². The van der Waals surface area contributed by atoms with Crippen LogP contribution in [0.4, 0.5) is 0 Å². The van der Waals surface area contributed by atoms with Gasteiger partial charge in [0.15, 0.2) is 0 Å². The Morgan fingerprint density at radius 1 is 0.222 bits per heavy atom. The fourth-order valence-electron chi connectivity index (χ4n) is 19.1. The van der Waals surface area contributed by atoms with Crippen LogP contribution in [0.25, 0.3) is 185 Å². The quantitative estimate of drug-likeness (QED) is 0.129. The number of hydrogen-bond donors (Lipinski definition) is 0. The highest BCUT2D eigenvalue weighted by Gasteiger charge is 2.52. The Labute approximate surface area is 637 Å². The molecule has 4 heteroatoms. The van der Waals surface area contributed by atoms with Crippen molar-refractivity contribution < 1.29 is 9.31 Å². The van der Waals surface area contributed by atoms with E-state index >= 15 is 0 Å². The zero-order valence-corrected chi connectivity index (χ0v) is 63.4. The lowest BCUT2D eigenvalue weighted by atomic mass is 9.74. The van der Waals surface area contributed by atoms with Crippen LogP contribution in [-0.4, -0.2) is 18.3 Å². The van der Waals surface area contributed by atoms with Crippen LogP contribution < -0.4 is 5.46 Å². The Hall–Kier alpha value is -11.5. The topological polar surface area (TPSA) is 18.5 Å².